The van der Waals surface area contributed by atoms with Gasteiger partial charge in [-0.2, -0.15) is 11.8 Å². The number of aromatic hydroxyl groups is 1. The first-order valence-electron chi connectivity index (χ1n) is 4.93. The van der Waals surface area contributed by atoms with E-state index in [9.17, 15) is 5.11 Å². The molecule has 0 aromatic heterocycles. The van der Waals surface area contributed by atoms with E-state index in [4.69, 9.17) is 10.8 Å². The molecule has 0 saturated carbocycles. The zero-order chi connectivity index (χ0) is 11.3. The standard InChI is InChI=1S/C11H17NO2S/c1-8(4-5-13)15-7-9-6-10(12)2-3-11(9)14/h2-3,6,8,13-14H,4-5,7,12H2,1H3. The predicted molar refractivity (Wildman–Crippen MR) is 65.0 cm³/mol. The minimum absolute atomic E-state index is 0.205. The Bertz CT molecular complexity index is 317. The van der Waals surface area contributed by atoms with Gasteiger partial charge >= 0.3 is 0 Å². The lowest BCUT2D eigenvalue weighted by atomic mass is 10.2. The molecular formula is C11H17NO2S. The van der Waals surface area contributed by atoms with Gasteiger partial charge < -0.3 is 15.9 Å². The topological polar surface area (TPSA) is 66.5 Å². The van der Waals surface area contributed by atoms with Crippen molar-refractivity contribution in [3.8, 4) is 5.75 Å². The molecule has 0 aliphatic rings. The normalized spacial score (nSPS) is 12.7. The summed E-state index contributed by atoms with van der Waals surface area (Å²) in [5.74, 6) is 1.01. The van der Waals surface area contributed by atoms with Crippen molar-refractivity contribution in [3.05, 3.63) is 23.8 Å². The fourth-order valence-electron chi connectivity index (χ4n) is 1.22. The molecule has 0 spiro atoms. The number of phenolic OH excluding ortho intramolecular Hbond substituents is 1. The Morgan fingerprint density at radius 3 is 2.87 bits per heavy atom. The average molecular weight is 227 g/mol. The monoisotopic (exact) mass is 227 g/mol. The Morgan fingerprint density at radius 1 is 1.47 bits per heavy atom. The number of anilines is 1. The minimum atomic E-state index is 0.205. The lowest BCUT2D eigenvalue weighted by Crippen LogP contribution is -2.00. The van der Waals surface area contributed by atoms with Gasteiger partial charge in [0.15, 0.2) is 0 Å². The number of benzene rings is 1. The Hall–Kier alpha value is -0.870. The Balaban J connectivity index is 2.53. The summed E-state index contributed by atoms with van der Waals surface area (Å²) in [7, 11) is 0. The van der Waals surface area contributed by atoms with Crippen molar-refractivity contribution in [2.24, 2.45) is 0 Å². The van der Waals surface area contributed by atoms with Crippen molar-refractivity contribution < 1.29 is 10.2 Å². The molecule has 1 aromatic rings. The summed E-state index contributed by atoms with van der Waals surface area (Å²) >= 11 is 1.70. The van der Waals surface area contributed by atoms with Crippen molar-refractivity contribution in [2.75, 3.05) is 12.3 Å². The van der Waals surface area contributed by atoms with E-state index < -0.39 is 0 Å². The number of hydrogen-bond acceptors (Lipinski definition) is 4. The summed E-state index contributed by atoms with van der Waals surface area (Å²) in [6.07, 6.45) is 0.772. The van der Waals surface area contributed by atoms with Gasteiger partial charge in [-0.3, -0.25) is 0 Å². The zero-order valence-electron chi connectivity index (χ0n) is 8.81. The number of hydrogen-bond donors (Lipinski definition) is 3. The summed E-state index contributed by atoms with van der Waals surface area (Å²) in [5.41, 5.74) is 7.15. The maximum Gasteiger partial charge on any atom is 0.119 e. The highest BCUT2D eigenvalue weighted by Gasteiger charge is 2.06. The number of thioether (sulfide) groups is 1. The highest BCUT2D eigenvalue weighted by Crippen LogP contribution is 2.27. The molecule has 84 valence electrons. The second kappa shape index (κ2) is 5.88. The number of aliphatic hydroxyl groups is 1. The first-order chi connectivity index (χ1) is 7.13. The van der Waals surface area contributed by atoms with Crippen LogP contribution in [0.1, 0.15) is 18.9 Å². The van der Waals surface area contributed by atoms with Crippen LogP contribution in [0.3, 0.4) is 0 Å². The van der Waals surface area contributed by atoms with Gasteiger partial charge in [0.25, 0.3) is 0 Å². The summed E-state index contributed by atoms with van der Waals surface area (Å²) in [4.78, 5) is 0. The van der Waals surface area contributed by atoms with E-state index in [1.54, 1.807) is 30.0 Å². The van der Waals surface area contributed by atoms with Gasteiger partial charge in [-0.1, -0.05) is 6.92 Å². The second-order valence-corrected chi connectivity index (χ2v) is 4.95. The van der Waals surface area contributed by atoms with Crippen molar-refractivity contribution in [1.29, 1.82) is 0 Å². The van der Waals surface area contributed by atoms with Gasteiger partial charge in [0, 0.05) is 28.9 Å². The highest BCUT2D eigenvalue weighted by molar-refractivity contribution is 7.99. The molecule has 0 heterocycles. The zero-order valence-corrected chi connectivity index (χ0v) is 9.63. The van der Waals surface area contributed by atoms with Crippen LogP contribution in [0.5, 0.6) is 5.75 Å². The molecule has 0 aliphatic carbocycles. The van der Waals surface area contributed by atoms with E-state index in [1.807, 2.05) is 0 Å². The van der Waals surface area contributed by atoms with Crippen molar-refractivity contribution >= 4 is 17.4 Å². The quantitative estimate of drug-likeness (QED) is 0.531. The van der Waals surface area contributed by atoms with Crippen LogP contribution >= 0.6 is 11.8 Å². The molecular weight excluding hydrogens is 210 g/mol. The minimum Gasteiger partial charge on any atom is -0.508 e. The third-order valence-corrected chi connectivity index (χ3v) is 3.44. The molecule has 0 amide bonds. The number of aliphatic hydroxyl groups excluding tert-OH is 1. The van der Waals surface area contributed by atoms with Crippen LogP contribution in [0.2, 0.25) is 0 Å². The summed E-state index contributed by atoms with van der Waals surface area (Å²) in [5, 5.41) is 18.7. The van der Waals surface area contributed by atoms with E-state index in [0.29, 0.717) is 10.9 Å². The van der Waals surface area contributed by atoms with Crippen molar-refractivity contribution in [2.45, 2.75) is 24.3 Å². The lowest BCUT2D eigenvalue weighted by molar-refractivity contribution is 0.289. The van der Waals surface area contributed by atoms with Crippen LogP contribution in [0.4, 0.5) is 5.69 Å². The molecule has 3 nitrogen and oxygen atoms in total. The Morgan fingerprint density at radius 2 is 2.20 bits per heavy atom. The largest absolute Gasteiger partial charge is 0.508 e. The van der Waals surface area contributed by atoms with Crippen LogP contribution in [0.15, 0.2) is 18.2 Å². The molecule has 15 heavy (non-hydrogen) atoms. The fraction of sp³-hybridized carbons (Fsp3) is 0.455. The van der Waals surface area contributed by atoms with Gasteiger partial charge in [0.2, 0.25) is 0 Å². The molecule has 0 saturated heterocycles. The maximum absolute atomic E-state index is 9.56. The van der Waals surface area contributed by atoms with Gasteiger partial charge in [-0.25, -0.2) is 0 Å². The first-order valence-corrected chi connectivity index (χ1v) is 5.98. The van der Waals surface area contributed by atoms with Crippen LogP contribution in [0.25, 0.3) is 0 Å². The molecule has 0 radical (unpaired) electrons. The molecule has 0 aliphatic heterocycles. The van der Waals surface area contributed by atoms with Gasteiger partial charge in [-0.15, -0.1) is 0 Å². The van der Waals surface area contributed by atoms with Crippen LogP contribution in [0, 0.1) is 0 Å². The fourth-order valence-corrected chi connectivity index (χ4v) is 2.19. The summed E-state index contributed by atoms with van der Waals surface area (Å²) in [6, 6.07) is 5.08. The predicted octanol–water partition coefficient (Wildman–Crippen LogP) is 1.98. The number of rotatable bonds is 5. The Kier molecular flexibility index (Phi) is 4.78. The number of phenols is 1. The van der Waals surface area contributed by atoms with E-state index in [1.165, 1.54) is 0 Å². The van der Waals surface area contributed by atoms with E-state index in [2.05, 4.69) is 6.92 Å². The van der Waals surface area contributed by atoms with Crippen molar-refractivity contribution in [3.63, 3.8) is 0 Å². The van der Waals surface area contributed by atoms with Gasteiger partial charge in [0.05, 0.1) is 0 Å². The molecule has 1 aromatic carbocycles. The van der Waals surface area contributed by atoms with E-state index in [-0.39, 0.29) is 12.4 Å². The van der Waals surface area contributed by atoms with E-state index in [0.717, 1.165) is 17.7 Å². The van der Waals surface area contributed by atoms with Gasteiger partial charge in [-0.05, 0) is 24.6 Å². The highest BCUT2D eigenvalue weighted by atomic mass is 32.2. The van der Waals surface area contributed by atoms with Gasteiger partial charge in [0.1, 0.15) is 5.75 Å². The van der Waals surface area contributed by atoms with Crippen molar-refractivity contribution in [1.82, 2.24) is 0 Å². The first kappa shape index (κ1) is 12.2. The van der Waals surface area contributed by atoms with Crippen LogP contribution < -0.4 is 5.73 Å². The Labute approximate surface area is 94.3 Å². The van der Waals surface area contributed by atoms with E-state index >= 15 is 0 Å². The molecule has 1 atom stereocenters. The number of nitrogen functional groups attached to an aromatic ring is 1. The number of nitrogens with two attached hydrogens (primary N) is 1. The lowest BCUT2D eigenvalue weighted by Gasteiger charge is -2.10. The second-order valence-electron chi connectivity index (χ2n) is 3.52. The van der Waals surface area contributed by atoms with Crippen LogP contribution in [-0.4, -0.2) is 22.1 Å². The SMILES string of the molecule is CC(CCO)SCc1cc(N)ccc1O. The summed E-state index contributed by atoms with van der Waals surface area (Å²) in [6.45, 7) is 2.27. The molecule has 4 heteroatoms. The smallest absolute Gasteiger partial charge is 0.119 e. The third-order valence-electron chi connectivity index (χ3n) is 2.16. The molecule has 0 fully saturated rings. The third kappa shape index (κ3) is 4.01. The summed E-state index contributed by atoms with van der Waals surface area (Å²) < 4.78 is 0. The molecule has 1 rings (SSSR count). The molecule has 4 N–H and O–H groups in total. The average Bonchev–Trinajstić information content (AvgIpc) is 2.20. The molecule has 1 unspecified atom stereocenters. The molecule has 0 bridgehead atoms. The maximum atomic E-state index is 9.56. The van der Waals surface area contributed by atoms with Crippen LogP contribution in [-0.2, 0) is 5.75 Å².